The predicted octanol–water partition coefficient (Wildman–Crippen LogP) is 1.93. The van der Waals surface area contributed by atoms with Crippen molar-refractivity contribution in [3.63, 3.8) is 0 Å². The maximum Gasteiger partial charge on any atom is 0.330 e. The normalized spacial score (nSPS) is 10.9. The molecule has 0 saturated heterocycles. The maximum absolute atomic E-state index is 13.1. The lowest BCUT2D eigenvalue weighted by molar-refractivity contribution is -0.136. The van der Waals surface area contributed by atoms with Crippen molar-refractivity contribution in [1.82, 2.24) is 9.55 Å². The third-order valence-corrected chi connectivity index (χ3v) is 4.93. The van der Waals surface area contributed by atoms with E-state index in [1.54, 1.807) is 24.3 Å². The molecule has 3 N–H and O–H groups in total. The van der Waals surface area contributed by atoms with Crippen molar-refractivity contribution in [3.8, 4) is 11.5 Å². The van der Waals surface area contributed by atoms with Crippen molar-refractivity contribution in [2.24, 2.45) is 5.92 Å². The summed E-state index contributed by atoms with van der Waals surface area (Å²) >= 11 is 0. The third kappa shape index (κ3) is 7.71. The molecule has 1 amide bonds. The fraction of sp³-hybridized carbons (Fsp3) is 0.500. The number of carbonyl (C=O) groups is 2. The van der Waals surface area contributed by atoms with Crippen molar-refractivity contribution < 1.29 is 23.8 Å². The first-order valence-electron chi connectivity index (χ1n) is 11.5. The van der Waals surface area contributed by atoms with Gasteiger partial charge in [-0.3, -0.25) is 23.9 Å². The first-order chi connectivity index (χ1) is 16.7. The second-order valence-electron chi connectivity index (χ2n) is 8.31. The number of amides is 1. The van der Waals surface area contributed by atoms with Gasteiger partial charge in [0, 0.05) is 26.6 Å². The number of nitrogens with zero attached hydrogens (tertiary/aromatic N) is 2. The molecule has 1 aromatic carbocycles. The SMILES string of the molecule is CCCOc1ccccc1OC(=O)CCC(=O)N(CCOC)c1c(N)n(CC(C)C)c(=O)[nH]c1=O. The van der Waals surface area contributed by atoms with Crippen molar-refractivity contribution >= 4 is 23.4 Å². The fourth-order valence-corrected chi connectivity index (χ4v) is 3.31. The number of rotatable bonds is 13. The molecule has 0 unspecified atom stereocenters. The van der Waals surface area contributed by atoms with Crippen LogP contribution in [0.15, 0.2) is 33.9 Å². The van der Waals surface area contributed by atoms with E-state index in [2.05, 4.69) is 4.98 Å². The van der Waals surface area contributed by atoms with Crippen LogP contribution in [-0.4, -0.2) is 48.3 Å². The van der Waals surface area contributed by atoms with Crippen molar-refractivity contribution in [3.05, 3.63) is 45.1 Å². The van der Waals surface area contributed by atoms with Gasteiger partial charge in [-0.1, -0.05) is 32.9 Å². The van der Waals surface area contributed by atoms with Crippen LogP contribution in [0.2, 0.25) is 0 Å². The Bertz CT molecular complexity index is 1120. The molecule has 0 aliphatic carbocycles. The summed E-state index contributed by atoms with van der Waals surface area (Å²) in [6.07, 6.45) is 0.303. The quantitative estimate of drug-likeness (QED) is 0.320. The summed E-state index contributed by atoms with van der Waals surface area (Å²) in [4.78, 5) is 53.8. The molecular weight excluding hydrogens is 456 g/mol. The Hall–Kier alpha value is -3.60. The first kappa shape index (κ1) is 27.6. The minimum atomic E-state index is -0.790. The zero-order valence-corrected chi connectivity index (χ0v) is 20.7. The number of benzene rings is 1. The van der Waals surface area contributed by atoms with Gasteiger partial charge in [0.25, 0.3) is 5.56 Å². The molecule has 35 heavy (non-hydrogen) atoms. The van der Waals surface area contributed by atoms with E-state index >= 15 is 0 Å². The summed E-state index contributed by atoms with van der Waals surface area (Å²) in [5.74, 6) is -0.540. The van der Waals surface area contributed by atoms with E-state index in [0.717, 1.165) is 11.3 Å². The minimum Gasteiger partial charge on any atom is -0.490 e. The van der Waals surface area contributed by atoms with Gasteiger partial charge in [-0.15, -0.1) is 0 Å². The van der Waals surface area contributed by atoms with Gasteiger partial charge in [0.05, 0.1) is 19.6 Å². The van der Waals surface area contributed by atoms with Crippen LogP contribution < -0.4 is 31.4 Å². The van der Waals surface area contributed by atoms with Crippen LogP contribution in [0.1, 0.15) is 40.0 Å². The van der Waals surface area contributed by atoms with Gasteiger partial charge >= 0.3 is 11.7 Å². The number of carbonyl (C=O) groups excluding carboxylic acids is 2. The molecule has 0 radical (unpaired) electrons. The van der Waals surface area contributed by atoms with Gasteiger partial charge in [-0.2, -0.15) is 0 Å². The Labute approximate surface area is 203 Å². The molecule has 11 heteroatoms. The molecule has 0 fully saturated rings. The largest absolute Gasteiger partial charge is 0.490 e. The van der Waals surface area contributed by atoms with E-state index in [9.17, 15) is 19.2 Å². The van der Waals surface area contributed by atoms with E-state index in [1.165, 1.54) is 11.7 Å². The Morgan fingerprint density at radius 1 is 1.11 bits per heavy atom. The second kappa shape index (κ2) is 13.3. The van der Waals surface area contributed by atoms with E-state index < -0.39 is 23.1 Å². The monoisotopic (exact) mass is 490 g/mol. The zero-order chi connectivity index (χ0) is 26.0. The third-order valence-electron chi connectivity index (χ3n) is 4.93. The molecule has 11 nitrogen and oxygen atoms in total. The van der Waals surface area contributed by atoms with E-state index in [0.29, 0.717) is 12.4 Å². The van der Waals surface area contributed by atoms with Crippen LogP contribution in [0.4, 0.5) is 11.5 Å². The summed E-state index contributed by atoms with van der Waals surface area (Å²) in [7, 11) is 1.45. The lowest BCUT2D eigenvalue weighted by Gasteiger charge is -2.24. The number of aromatic nitrogens is 2. The van der Waals surface area contributed by atoms with Crippen molar-refractivity contribution in [2.75, 3.05) is 37.5 Å². The number of anilines is 2. The molecule has 0 aliphatic rings. The Morgan fingerprint density at radius 3 is 2.43 bits per heavy atom. The van der Waals surface area contributed by atoms with E-state index in [1.807, 2.05) is 20.8 Å². The Balaban J connectivity index is 2.21. The molecule has 1 heterocycles. The number of methoxy groups -OCH3 is 1. The number of para-hydroxylation sites is 2. The molecule has 2 rings (SSSR count). The summed E-state index contributed by atoms with van der Waals surface area (Å²) in [6.45, 7) is 6.58. The lowest BCUT2D eigenvalue weighted by atomic mass is 10.2. The highest BCUT2D eigenvalue weighted by Crippen LogP contribution is 2.27. The van der Waals surface area contributed by atoms with Gasteiger partial charge < -0.3 is 24.8 Å². The average Bonchev–Trinajstić information content (AvgIpc) is 2.81. The van der Waals surface area contributed by atoms with Gasteiger partial charge in [-0.05, 0) is 24.5 Å². The van der Waals surface area contributed by atoms with E-state index in [-0.39, 0.29) is 55.7 Å². The molecule has 0 spiro atoms. The number of ether oxygens (including phenoxy) is 3. The number of hydrogen-bond acceptors (Lipinski definition) is 8. The minimum absolute atomic E-state index is 0.00519. The van der Waals surface area contributed by atoms with E-state index in [4.69, 9.17) is 19.9 Å². The van der Waals surface area contributed by atoms with Crippen LogP contribution >= 0.6 is 0 Å². The summed E-state index contributed by atoms with van der Waals surface area (Å²) < 4.78 is 17.3. The van der Waals surface area contributed by atoms with Crippen LogP contribution in [0.5, 0.6) is 11.5 Å². The number of nitrogens with one attached hydrogen (secondary N) is 1. The van der Waals surface area contributed by atoms with Crippen molar-refractivity contribution in [1.29, 1.82) is 0 Å². The van der Waals surface area contributed by atoms with Crippen molar-refractivity contribution in [2.45, 2.75) is 46.6 Å². The number of hydrogen-bond donors (Lipinski definition) is 2. The number of nitrogen functional groups attached to an aromatic ring is 1. The summed E-state index contributed by atoms with van der Waals surface area (Å²) in [5, 5.41) is 0. The molecule has 1 aromatic heterocycles. The van der Waals surface area contributed by atoms with Crippen LogP contribution in [0.3, 0.4) is 0 Å². The second-order valence-corrected chi connectivity index (χ2v) is 8.31. The molecule has 0 bridgehead atoms. The summed E-state index contributed by atoms with van der Waals surface area (Å²) in [6, 6.07) is 6.77. The lowest BCUT2D eigenvalue weighted by Crippen LogP contribution is -2.43. The molecule has 2 aromatic rings. The number of aromatic amines is 1. The molecular formula is C24H34N4O7. The standard InChI is InChI=1S/C24H34N4O7/c1-5-13-34-17-8-6-7-9-18(17)35-20(30)11-10-19(29)27(12-14-33-4)21-22(25)28(15-16(2)3)24(32)26-23(21)31/h6-9,16H,5,10-15,25H2,1-4H3,(H,26,31,32). The highest BCUT2D eigenvalue weighted by Gasteiger charge is 2.25. The zero-order valence-electron chi connectivity index (χ0n) is 20.7. The van der Waals surface area contributed by atoms with Gasteiger partial charge in [0.2, 0.25) is 5.91 Å². The highest BCUT2D eigenvalue weighted by atomic mass is 16.6. The molecule has 0 atom stereocenters. The van der Waals surface area contributed by atoms with Gasteiger partial charge in [0.15, 0.2) is 17.2 Å². The number of H-pyrrole nitrogens is 1. The average molecular weight is 491 g/mol. The Kier molecular flexibility index (Phi) is 10.5. The highest BCUT2D eigenvalue weighted by molar-refractivity contribution is 5.97. The first-order valence-corrected chi connectivity index (χ1v) is 11.5. The molecule has 0 saturated carbocycles. The van der Waals surface area contributed by atoms with Crippen LogP contribution in [0, 0.1) is 5.92 Å². The molecule has 0 aliphatic heterocycles. The number of nitrogens with two attached hydrogens (primary N) is 1. The van der Waals surface area contributed by atoms with Crippen LogP contribution in [0.25, 0.3) is 0 Å². The predicted molar refractivity (Wildman–Crippen MR) is 132 cm³/mol. The maximum atomic E-state index is 13.1. The molecule has 192 valence electrons. The van der Waals surface area contributed by atoms with Gasteiger partial charge in [-0.25, -0.2) is 4.79 Å². The van der Waals surface area contributed by atoms with Crippen LogP contribution in [-0.2, 0) is 20.9 Å². The van der Waals surface area contributed by atoms with Gasteiger partial charge in [0.1, 0.15) is 5.82 Å². The smallest absolute Gasteiger partial charge is 0.330 e. The Morgan fingerprint density at radius 2 is 1.80 bits per heavy atom. The summed E-state index contributed by atoms with van der Waals surface area (Å²) in [5.41, 5.74) is 4.56. The topological polar surface area (TPSA) is 146 Å². The number of esters is 1. The fourth-order valence-electron chi connectivity index (χ4n) is 3.31.